The van der Waals surface area contributed by atoms with Gasteiger partial charge in [-0.05, 0) is 91.9 Å². The average molecular weight is 1090 g/mol. The maximum atomic E-state index is 15.0. The molecule has 2 amide bonds. The second kappa shape index (κ2) is 26.2. The number of aryl methyl sites for hydroxylation is 2. The number of nitrogens with zero attached hydrogens (tertiary/aromatic N) is 9. The monoisotopic (exact) mass is 1080 g/mol. The second-order valence-corrected chi connectivity index (χ2v) is 20.6. The summed E-state index contributed by atoms with van der Waals surface area (Å²) in [7, 11) is 3.71. The quantitative estimate of drug-likeness (QED) is 0.0897. The van der Waals surface area contributed by atoms with Crippen LogP contribution in [0.5, 0.6) is 11.5 Å². The second-order valence-electron chi connectivity index (χ2n) is 20.6. The Kier molecular flexibility index (Phi) is 19.8. The van der Waals surface area contributed by atoms with E-state index in [1.165, 1.54) is 18.6 Å². The van der Waals surface area contributed by atoms with Gasteiger partial charge in [0.05, 0.1) is 61.4 Å². The number of nitrogens with one attached hydrogen (secondary N) is 3. The molecular weight excluding hydrogens is 1010 g/mol. The summed E-state index contributed by atoms with van der Waals surface area (Å²) < 4.78 is 44.8. The van der Waals surface area contributed by atoms with Crippen molar-refractivity contribution in [2.45, 2.75) is 53.1 Å². The van der Waals surface area contributed by atoms with E-state index in [1.54, 1.807) is 55.8 Å². The lowest BCUT2D eigenvalue weighted by molar-refractivity contribution is 0.0977. The van der Waals surface area contributed by atoms with Crippen LogP contribution in [0.1, 0.15) is 71.9 Å². The first-order chi connectivity index (χ1) is 35.8. The Morgan fingerprint density at radius 2 is 1.01 bits per heavy atom. The first-order valence-corrected chi connectivity index (χ1v) is 25.9. The molecule has 3 N–H and O–H groups in total. The van der Waals surface area contributed by atoms with E-state index in [4.69, 9.17) is 9.47 Å². The number of hydrogen-bond donors (Lipinski definition) is 3. The van der Waals surface area contributed by atoms with Crippen molar-refractivity contribution in [2.75, 3.05) is 106 Å². The van der Waals surface area contributed by atoms with Gasteiger partial charge in [-0.25, -0.2) is 8.78 Å². The van der Waals surface area contributed by atoms with Crippen LogP contribution in [0.25, 0.3) is 0 Å². The van der Waals surface area contributed by atoms with Crippen molar-refractivity contribution in [1.29, 1.82) is 0 Å². The molecule has 4 aliphatic rings. The first-order valence-electron chi connectivity index (χ1n) is 25.9. The highest BCUT2D eigenvalue weighted by Gasteiger charge is 2.29. The molecular formula is C56H72Cl2F2N12O4. The average Bonchev–Trinajstić information content (AvgIpc) is 3.79. The van der Waals surface area contributed by atoms with E-state index in [9.17, 15) is 14.0 Å². The van der Waals surface area contributed by atoms with Crippen LogP contribution in [0.4, 0.5) is 43.2 Å². The molecule has 76 heavy (non-hydrogen) atoms. The van der Waals surface area contributed by atoms with E-state index >= 15 is 4.39 Å². The van der Waals surface area contributed by atoms with Crippen LogP contribution in [0, 0.1) is 17.0 Å². The summed E-state index contributed by atoms with van der Waals surface area (Å²) in [6, 6.07) is 24.1. The van der Waals surface area contributed by atoms with Crippen LogP contribution in [-0.2, 0) is 27.2 Å². The van der Waals surface area contributed by atoms with Crippen LogP contribution in [0.3, 0.4) is 0 Å². The number of anilines is 6. The van der Waals surface area contributed by atoms with Gasteiger partial charge in [0.15, 0.2) is 23.1 Å². The highest BCUT2D eigenvalue weighted by atomic mass is 35.5. The third-order valence-electron chi connectivity index (χ3n) is 14.0. The summed E-state index contributed by atoms with van der Waals surface area (Å²) in [6.07, 6.45) is 6.36. The van der Waals surface area contributed by atoms with Crippen molar-refractivity contribution in [2.24, 2.45) is 19.5 Å². The van der Waals surface area contributed by atoms with Crippen LogP contribution in [0.15, 0.2) is 97.3 Å². The van der Waals surface area contributed by atoms with Gasteiger partial charge in [0.25, 0.3) is 11.8 Å². The molecule has 2 aromatic heterocycles. The van der Waals surface area contributed by atoms with Crippen molar-refractivity contribution < 1.29 is 27.8 Å². The zero-order chi connectivity index (χ0) is 51.8. The number of carbonyl (C=O) groups excluding carboxylic acids is 2. The van der Waals surface area contributed by atoms with Gasteiger partial charge >= 0.3 is 0 Å². The maximum Gasteiger partial charge on any atom is 0.258 e. The van der Waals surface area contributed by atoms with Gasteiger partial charge in [0, 0.05) is 102 Å². The smallest absolute Gasteiger partial charge is 0.258 e. The normalized spacial score (nSPS) is 15.6. The van der Waals surface area contributed by atoms with Gasteiger partial charge in [-0.2, -0.15) is 10.2 Å². The third-order valence-corrected chi connectivity index (χ3v) is 14.0. The van der Waals surface area contributed by atoms with Gasteiger partial charge < -0.3 is 49.9 Å². The molecule has 20 heteroatoms. The fourth-order valence-electron chi connectivity index (χ4n) is 9.70. The lowest BCUT2D eigenvalue weighted by Gasteiger charge is -2.35. The van der Waals surface area contributed by atoms with Crippen LogP contribution < -0.4 is 35.2 Å². The van der Waals surface area contributed by atoms with E-state index in [0.29, 0.717) is 31.7 Å². The Hall–Kier alpha value is -6.28. The van der Waals surface area contributed by atoms with E-state index in [0.717, 1.165) is 130 Å². The van der Waals surface area contributed by atoms with Gasteiger partial charge in [-0.1, -0.05) is 45.0 Å². The minimum absolute atomic E-state index is 0. The molecule has 2 fully saturated rings. The zero-order valence-electron chi connectivity index (χ0n) is 44.2. The number of carbonyl (C=O) groups is 2. The molecule has 0 aliphatic carbocycles. The summed E-state index contributed by atoms with van der Waals surface area (Å²) in [5.74, 6) is 0.394. The van der Waals surface area contributed by atoms with E-state index in [1.807, 2.05) is 62.6 Å². The molecule has 0 spiro atoms. The number of halogens is 4. The third kappa shape index (κ3) is 14.2. The van der Waals surface area contributed by atoms with Crippen LogP contribution in [0.2, 0.25) is 0 Å². The number of amides is 2. The molecule has 0 unspecified atom stereocenters. The Balaban J connectivity index is 0.000000218. The fraction of sp³-hybridized carbons (Fsp3) is 0.429. The molecule has 4 aliphatic heterocycles. The predicted octanol–water partition coefficient (Wildman–Crippen LogP) is 9.27. The summed E-state index contributed by atoms with van der Waals surface area (Å²) in [5, 5.41) is 18.7. The van der Waals surface area contributed by atoms with Gasteiger partial charge in [-0.15, -0.1) is 24.8 Å². The van der Waals surface area contributed by atoms with Gasteiger partial charge in [0.1, 0.15) is 11.6 Å². The van der Waals surface area contributed by atoms with Crippen LogP contribution in [-0.4, -0.2) is 131 Å². The van der Waals surface area contributed by atoms with Crippen LogP contribution >= 0.6 is 24.8 Å². The van der Waals surface area contributed by atoms with Crippen molar-refractivity contribution in [3.63, 3.8) is 0 Å². The molecule has 6 aromatic rings. The van der Waals surface area contributed by atoms with Crippen molar-refractivity contribution in [1.82, 2.24) is 39.6 Å². The molecule has 0 atom stereocenters. The number of hydrogen-bond acceptors (Lipinski definition) is 12. The summed E-state index contributed by atoms with van der Waals surface area (Å²) >= 11 is 0. The molecule has 408 valence electrons. The predicted molar refractivity (Wildman–Crippen MR) is 301 cm³/mol. The van der Waals surface area contributed by atoms with E-state index < -0.39 is 11.6 Å². The number of ether oxygens (including phenoxy) is 2. The standard InChI is InChI=1S/C31H41FN6O2.C25H29FN6O2.2ClH/c1-31(2,3)12-14-37-17-15-36(16-18-37)13-7-19-40-28-11-10-23(20-25(28)32)30(39)38-22-24-21-33-35(4)29(24)34-26-8-5-6-9-27(26)38;1-30-24-19(16-28-30)17-32(22-6-3-2-5-21(22)29-24)25(33)18-7-8-23(20(26)15-18)34-14-4-11-31-12-9-27-10-13-31;;/h5-6,8-11,20-21,34H,7,12-19,22H2,1-4H3;2-3,5-8,15-16,27,29H,4,9-14,17H2,1H3;2*1H. The number of para-hydroxylation sites is 4. The van der Waals surface area contributed by atoms with E-state index in [-0.39, 0.29) is 59.3 Å². The molecule has 0 radical (unpaired) electrons. The molecule has 10 rings (SSSR count). The molecule has 0 bridgehead atoms. The Morgan fingerprint density at radius 3 is 1.45 bits per heavy atom. The largest absolute Gasteiger partial charge is 0.490 e. The highest BCUT2D eigenvalue weighted by Crippen LogP contribution is 2.38. The molecule has 16 nitrogen and oxygen atoms in total. The summed E-state index contributed by atoms with van der Waals surface area (Å²) in [4.78, 5) is 37.8. The maximum absolute atomic E-state index is 15.0. The Bertz CT molecular complexity index is 2900. The van der Waals surface area contributed by atoms with Crippen molar-refractivity contribution >= 4 is 71.0 Å². The minimum Gasteiger partial charge on any atom is -0.490 e. The number of rotatable bonds is 14. The van der Waals surface area contributed by atoms with Gasteiger partial charge in [-0.3, -0.25) is 19.0 Å². The Labute approximate surface area is 457 Å². The fourth-order valence-corrected chi connectivity index (χ4v) is 9.70. The van der Waals surface area contributed by atoms with Crippen molar-refractivity contribution in [3.05, 3.63) is 131 Å². The number of aromatic nitrogens is 4. The van der Waals surface area contributed by atoms with E-state index in [2.05, 4.69) is 61.6 Å². The number of benzene rings is 4. The molecule has 0 saturated carbocycles. The number of fused-ring (bicyclic) bond motifs is 4. The highest BCUT2D eigenvalue weighted by molar-refractivity contribution is 6.09. The van der Waals surface area contributed by atoms with Gasteiger partial charge in [0.2, 0.25) is 0 Å². The molecule has 6 heterocycles. The lowest BCUT2D eigenvalue weighted by Crippen LogP contribution is -2.47. The summed E-state index contributed by atoms with van der Waals surface area (Å²) in [6.45, 7) is 19.8. The zero-order valence-corrected chi connectivity index (χ0v) is 45.8. The Morgan fingerprint density at radius 1 is 0.592 bits per heavy atom. The topological polar surface area (TPSA) is 141 Å². The molecule has 4 aromatic carbocycles. The number of piperazine rings is 2. The summed E-state index contributed by atoms with van der Waals surface area (Å²) in [5.41, 5.74) is 5.75. The minimum atomic E-state index is -0.531. The van der Waals surface area contributed by atoms with Crippen molar-refractivity contribution in [3.8, 4) is 11.5 Å². The first kappa shape index (κ1) is 57.4. The SMILES string of the molecule is Cl.Cl.Cn1ncc2c1Nc1ccccc1N(C(=O)c1ccc(OCCCN3CCN(CCC(C)(C)C)CC3)c(F)c1)C2.Cn1ncc2c1Nc1ccccc1N(C(=O)c1ccc(OCCCN3CCNCC3)c(F)c1)C2. The lowest BCUT2D eigenvalue weighted by atomic mass is 9.92. The molecule has 2 saturated heterocycles.